The maximum absolute atomic E-state index is 12.7. The number of anilines is 1. The van der Waals surface area contributed by atoms with Crippen molar-refractivity contribution in [3.8, 4) is 0 Å². The summed E-state index contributed by atoms with van der Waals surface area (Å²) < 4.78 is 0. The number of aryl methyl sites for hydroxylation is 1. The first kappa shape index (κ1) is 12.2. The summed E-state index contributed by atoms with van der Waals surface area (Å²) in [5.41, 5.74) is 1.54. The zero-order valence-corrected chi connectivity index (χ0v) is 11.8. The Morgan fingerprint density at radius 2 is 1.70 bits per heavy atom. The van der Waals surface area contributed by atoms with Gasteiger partial charge in [0, 0.05) is 5.02 Å². The number of imide groups is 1. The van der Waals surface area contributed by atoms with Crippen molar-refractivity contribution in [2.24, 2.45) is 23.7 Å². The topological polar surface area (TPSA) is 37.4 Å². The Balaban J connectivity index is 1.80. The highest BCUT2D eigenvalue weighted by Gasteiger charge is 2.59. The van der Waals surface area contributed by atoms with Crippen LogP contribution >= 0.6 is 11.6 Å². The average molecular weight is 288 g/mol. The van der Waals surface area contributed by atoms with Crippen LogP contribution in [0.3, 0.4) is 0 Å². The molecule has 0 spiro atoms. The van der Waals surface area contributed by atoms with Crippen molar-refractivity contribution in [2.75, 3.05) is 4.90 Å². The number of hydrogen-bond donors (Lipinski definition) is 0. The second-order valence-corrected chi connectivity index (χ2v) is 6.38. The van der Waals surface area contributed by atoms with Crippen LogP contribution in [0.25, 0.3) is 0 Å². The average Bonchev–Trinajstić information content (AvgIpc) is 3.08. The van der Waals surface area contributed by atoms with E-state index in [4.69, 9.17) is 11.6 Å². The van der Waals surface area contributed by atoms with Gasteiger partial charge in [0.2, 0.25) is 11.8 Å². The van der Waals surface area contributed by atoms with Gasteiger partial charge in [-0.1, -0.05) is 29.8 Å². The summed E-state index contributed by atoms with van der Waals surface area (Å²) in [6, 6.07) is 5.33. The largest absolute Gasteiger partial charge is 0.274 e. The van der Waals surface area contributed by atoms with Crippen molar-refractivity contribution in [3.63, 3.8) is 0 Å². The summed E-state index contributed by atoms with van der Waals surface area (Å²) in [4.78, 5) is 26.7. The van der Waals surface area contributed by atoms with E-state index in [2.05, 4.69) is 12.2 Å². The summed E-state index contributed by atoms with van der Waals surface area (Å²) in [5, 5.41) is 0.546. The number of fused-ring (bicyclic) bond motifs is 5. The highest BCUT2D eigenvalue weighted by Crippen LogP contribution is 2.53. The van der Waals surface area contributed by atoms with Crippen molar-refractivity contribution < 1.29 is 9.59 Å². The fourth-order valence-corrected chi connectivity index (χ4v) is 4.13. The molecule has 1 aromatic rings. The first-order chi connectivity index (χ1) is 9.58. The van der Waals surface area contributed by atoms with E-state index >= 15 is 0 Å². The van der Waals surface area contributed by atoms with Gasteiger partial charge in [0.15, 0.2) is 0 Å². The Morgan fingerprint density at radius 3 is 2.30 bits per heavy atom. The van der Waals surface area contributed by atoms with Crippen LogP contribution in [0, 0.1) is 30.6 Å². The third kappa shape index (κ3) is 1.41. The van der Waals surface area contributed by atoms with Gasteiger partial charge in [0.05, 0.1) is 17.5 Å². The molecule has 2 amide bonds. The lowest BCUT2D eigenvalue weighted by molar-refractivity contribution is -0.123. The molecule has 1 saturated heterocycles. The third-order valence-electron chi connectivity index (χ3n) is 4.88. The van der Waals surface area contributed by atoms with Gasteiger partial charge in [-0.05, 0) is 42.9 Å². The van der Waals surface area contributed by atoms with E-state index in [1.165, 1.54) is 4.90 Å². The van der Waals surface area contributed by atoms with E-state index in [0.29, 0.717) is 10.7 Å². The lowest BCUT2D eigenvalue weighted by Gasteiger charge is -2.19. The molecule has 20 heavy (non-hydrogen) atoms. The second-order valence-electron chi connectivity index (χ2n) is 5.94. The van der Waals surface area contributed by atoms with Crippen LogP contribution in [0.2, 0.25) is 5.02 Å². The second kappa shape index (κ2) is 3.95. The van der Waals surface area contributed by atoms with Crippen LogP contribution in [0.1, 0.15) is 12.0 Å². The molecule has 2 bridgehead atoms. The quantitative estimate of drug-likeness (QED) is 0.588. The predicted octanol–water partition coefficient (Wildman–Crippen LogP) is 2.96. The van der Waals surface area contributed by atoms with Gasteiger partial charge in [-0.25, -0.2) is 4.90 Å². The SMILES string of the molecule is Cc1ccc(Cl)cc1N1C(=O)[C@@H]2[C@H](C1=O)[C@@H]1C=C[C@H]2C1. The van der Waals surface area contributed by atoms with Gasteiger partial charge < -0.3 is 0 Å². The molecule has 4 heteroatoms. The Kier molecular flexibility index (Phi) is 2.40. The summed E-state index contributed by atoms with van der Waals surface area (Å²) in [5.74, 6) is 0.0630. The molecule has 4 atom stereocenters. The predicted molar refractivity (Wildman–Crippen MR) is 76.4 cm³/mol. The highest BCUT2D eigenvalue weighted by molar-refractivity contribution is 6.31. The number of amides is 2. The number of allylic oxidation sites excluding steroid dienone is 2. The summed E-state index contributed by atoms with van der Waals surface area (Å²) >= 11 is 6.02. The molecule has 1 saturated carbocycles. The normalized spacial score (nSPS) is 34.2. The molecule has 4 rings (SSSR count). The fraction of sp³-hybridized carbons (Fsp3) is 0.375. The first-order valence-corrected chi connectivity index (χ1v) is 7.28. The highest BCUT2D eigenvalue weighted by atomic mass is 35.5. The molecule has 3 nitrogen and oxygen atoms in total. The minimum absolute atomic E-state index is 0.0535. The molecule has 1 aromatic carbocycles. The lowest BCUT2D eigenvalue weighted by Crippen LogP contribution is -2.33. The number of carbonyl (C=O) groups is 2. The summed E-state index contributed by atoms with van der Waals surface area (Å²) in [6.07, 6.45) is 5.16. The molecular formula is C16H14ClNO2. The van der Waals surface area contributed by atoms with Gasteiger partial charge in [-0.2, -0.15) is 0 Å². The number of rotatable bonds is 1. The van der Waals surface area contributed by atoms with E-state index in [1.54, 1.807) is 12.1 Å². The Labute approximate surface area is 122 Å². The molecule has 0 unspecified atom stereocenters. The Bertz CT molecular complexity index is 636. The molecule has 0 radical (unpaired) electrons. The number of benzene rings is 1. The van der Waals surface area contributed by atoms with E-state index in [-0.39, 0.29) is 35.5 Å². The molecule has 1 aliphatic heterocycles. The minimum Gasteiger partial charge on any atom is -0.274 e. The minimum atomic E-state index is -0.157. The van der Waals surface area contributed by atoms with Gasteiger partial charge in [0.25, 0.3) is 0 Å². The van der Waals surface area contributed by atoms with Crippen molar-refractivity contribution in [1.29, 1.82) is 0 Å². The number of carbonyl (C=O) groups excluding carboxylic acids is 2. The van der Waals surface area contributed by atoms with Crippen molar-refractivity contribution in [1.82, 2.24) is 0 Å². The molecular weight excluding hydrogens is 274 g/mol. The first-order valence-electron chi connectivity index (χ1n) is 6.90. The van der Waals surface area contributed by atoms with Gasteiger partial charge in [-0.15, -0.1) is 0 Å². The van der Waals surface area contributed by atoms with Crippen LogP contribution in [-0.2, 0) is 9.59 Å². The third-order valence-corrected chi connectivity index (χ3v) is 5.12. The molecule has 2 aliphatic carbocycles. The van der Waals surface area contributed by atoms with E-state index in [1.807, 2.05) is 13.0 Å². The van der Waals surface area contributed by atoms with Gasteiger partial charge in [-0.3, -0.25) is 9.59 Å². The summed E-state index contributed by atoms with van der Waals surface area (Å²) in [7, 11) is 0. The molecule has 0 aromatic heterocycles. The number of hydrogen-bond acceptors (Lipinski definition) is 2. The maximum atomic E-state index is 12.7. The summed E-state index contributed by atoms with van der Waals surface area (Å²) in [6.45, 7) is 1.90. The Morgan fingerprint density at radius 1 is 1.10 bits per heavy atom. The number of nitrogens with zero attached hydrogens (tertiary/aromatic N) is 1. The van der Waals surface area contributed by atoms with Gasteiger partial charge >= 0.3 is 0 Å². The zero-order valence-electron chi connectivity index (χ0n) is 11.0. The monoisotopic (exact) mass is 287 g/mol. The van der Waals surface area contributed by atoms with Crippen LogP contribution in [0.4, 0.5) is 5.69 Å². The Hall–Kier alpha value is -1.61. The zero-order chi connectivity index (χ0) is 14.0. The van der Waals surface area contributed by atoms with Crippen molar-refractivity contribution in [2.45, 2.75) is 13.3 Å². The van der Waals surface area contributed by atoms with E-state index in [9.17, 15) is 9.59 Å². The smallest absolute Gasteiger partial charge is 0.238 e. The maximum Gasteiger partial charge on any atom is 0.238 e. The van der Waals surface area contributed by atoms with E-state index in [0.717, 1.165) is 12.0 Å². The standard InChI is InChI=1S/C16H14ClNO2/c1-8-2-5-11(17)7-12(8)18-15(19)13-9-3-4-10(6-9)14(13)16(18)20/h2-5,7,9-10,13-14H,6H2,1H3/t9-,10+,13-,14+. The van der Waals surface area contributed by atoms with E-state index < -0.39 is 0 Å². The molecule has 102 valence electrons. The lowest BCUT2D eigenvalue weighted by atomic mass is 9.85. The molecule has 3 aliphatic rings. The van der Waals surface area contributed by atoms with Crippen LogP contribution in [0.5, 0.6) is 0 Å². The number of halogens is 1. The van der Waals surface area contributed by atoms with Crippen LogP contribution < -0.4 is 4.90 Å². The molecule has 0 N–H and O–H groups in total. The van der Waals surface area contributed by atoms with Crippen molar-refractivity contribution in [3.05, 3.63) is 40.9 Å². The fourth-order valence-electron chi connectivity index (χ4n) is 3.96. The molecule has 1 heterocycles. The molecule has 2 fully saturated rings. The van der Waals surface area contributed by atoms with Crippen LogP contribution in [0.15, 0.2) is 30.4 Å². The van der Waals surface area contributed by atoms with Gasteiger partial charge in [0.1, 0.15) is 0 Å². The van der Waals surface area contributed by atoms with Crippen LogP contribution in [-0.4, -0.2) is 11.8 Å². The van der Waals surface area contributed by atoms with Crippen molar-refractivity contribution >= 4 is 29.1 Å².